The second-order valence-corrected chi connectivity index (χ2v) is 7.25. The van der Waals surface area contributed by atoms with Gasteiger partial charge in [0.1, 0.15) is 17.7 Å². The first-order valence-electron chi connectivity index (χ1n) is 7.32. The van der Waals surface area contributed by atoms with Crippen molar-refractivity contribution in [1.29, 1.82) is 0 Å². The molecular weight excluding hydrogens is 376 g/mol. The minimum absolute atomic E-state index is 0.0806. The van der Waals surface area contributed by atoms with Gasteiger partial charge in [0.25, 0.3) is 5.91 Å². The van der Waals surface area contributed by atoms with Crippen LogP contribution in [-0.2, 0) is 28.6 Å². The van der Waals surface area contributed by atoms with Gasteiger partial charge in [0.15, 0.2) is 5.72 Å². The number of aliphatic carboxylic acids is 1. The van der Waals surface area contributed by atoms with Crippen molar-refractivity contribution in [2.45, 2.75) is 29.0 Å². The number of alkyl halides is 1. The van der Waals surface area contributed by atoms with Gasteiger partial charge in [0.05, 0.1) is 11.1 Å². The highest BCUT2D eigenvalue weighted by Crippen LogP contribution is 2.56. The van der Waals surface area contributed by atoms with Crippen LogP contribution in [0.25, 0.3) is 0 Å². The van der Waals surface area contributed by atoms with E-state index in [1.165, 1.54) is 32.9 Å². The molecule has 0 aliphatic carbocycles. The molecule has 11 heteroatoms. The Kier molecular flexibility index (Phi) is 4.53. The predicted octanol–water partition coefficient (Wildman–Crippen LogP) is -0.301. The quantitative estimate of drug-likeness (QED) is 0.357. The first-order chi connectivity index (χ1) is 11.8. The molecule has 3 aliphatic heterocycles. The molecule has 9 nitrogen and oxygen atoms in total. The van der Waals surface area contributed by atoms with Gasteiger partial charge in [-0.3, -0.25) is 14.5 Å². The fraction of sp³-hybridized carbons (Fsp3) is 0.643. The topological polar surface area (TPSA) is 114 Å². The van der Waals surface area contributed by atoms with E-state index in [4.69, 9.17) is 25.8 Å². The highest BCUT2D eigenvalue weighted by atomic mass is 35.5. The smallest absolute Gasteiger partial charge is 0.352 e. The molecule has 25 heavy (non-hydrogen) atoms. The SMILES string of the molecule is COC1(CCl)N[C@@]2(OC)C(=O)N3C(C(=O)O)=C(COC(C)=O)C1S[C@H]32. The van der Waals surface area contributed by atoms with Crippen LogP contribution in [0.15, 0.2) is 11.3 Å². The van der Waals surface area contributed by atoms with Crippen LogP contribution in [0.3, 0.4) is 0 Å². The number of halogens is 1. The van der Waals surface area contributed by atoms with Crippen LogP contribution >= 0.6 is 23.4 Å². The number of carboxylic acid groups (broad SMARTS) is 1. The summed E-state index contributed by atoms with van der Waals surface area (Å²) in [5.74, 6) is -2.50. The Labute approximate surface area is 152 Å². The van der Waals surface area contributed by atoms with Crippen molar-refractivity contribution >= 4 is 41.2 Å². The summed E-state index contributed by atoms with van der Waals surface area (Å²) in [5.41, 5.74) is -2.66. The molecule has 0 saturated carbocycles. The summed E-state index contributed by atoms with van der Waals surface area (Å²) in [6.07, 6.45) is 0. The molecule has 2 bridgehead atoms. The van der Waals surface area contributed by atoms with E-state index in [1.54, 1.807) is 0 Å². The fourth-order valence-electron chi connectivity index (χ4n) is 3.38. The number of ether oxygens (including phenoxy) is 3. The third-order valence-corrected chi connectivity index (χ3v) is 6.72. The zero-order valence-electron chi connectivity index (χ0n) is 13.7. The van der Waals surface area contributed by atoms with Crippen molar-refractivity contribution < 1.29 is 33.7 Å². The average Bonchev–Trinajstić information content (AvgIpc) is 2.59. The Balaban J connectivity index is 2.17. The van der Waals surface area contributed by atoms with Crippen molar-refractivity contribution in [2.24, 2.45) is 0 Å². The summed E-state index contributed by atoms with van der Waals surface area (Å²) < 4.78 is 16.0. The molecule has 2 fully saturated rings. The lowest BCUT2D eigenvalue weighted by molar-refractivity contribution is -0.214. The van der Waals surface area contributed by atoms with Crippen LogP contribution in [0.2, 0.25) is 0 Å². The number of carbonyl (C=O) groups excluding carboxylic acids is 2. The fourth-order valence-corrected chi connectivity index (χ4v) is 5.63. The standard InChI is InChI=1S/C14H17ClN2O7S/c1-6(18)24-4-7-8(10(19)20)17-11(21)14(23-3)12(17)25-9(7)13(5-15,16-14)22-2/h9,12,16H,4-5H2,1-3H3,(H,19,20)/t9?,12-,13?,14+/m0/s1. The van der Waals surface area contributed by atoms with Gasteiger partial charge in [-0.25, -0.2) is 10.1 Å². The van der Waals surface area contributed by atoms with E-state index < -0.39 is 39.9 Å². The van der Waals surface area contributed by atoms with Gasteiger partial charge in [-0.15, -0.1) is 23.4 Å². The highest BCUT2D eigenvalue weighted by molar-refractivity contribution is 8.01. The van der Waals surface area contributed by atoms with E-state index >= 15 is 0 Å². The van der Waals surface area contributed by atoms with Gasteiger partial charge in [0.2, 0.25) is 5.72 Å². The van der Waals surface area contributed by atoms with E-state index in [9.17, 15) is 19.5 Å². The largest absolute Gasteiger partial charge is 0.477 e. The Bertz CT molecular complexity index is 680. The van der Waals surface area contributed by atoms with Gasteiger partial charge in [-0.1, -0.05) is 0 Å². The number of thioether (sulfide) groups is 1. The molecule has 3 aliphatic rings. The van der Waals surface area contributed by atoms with Crippen molar-refractivity contribution in [3.8, 4) is 0 Å². The first-order valence-corrected chi connectivity index (χ1v) is 8.80. The maximum atomic E-state index is 12.7. The zero-order valence-corrected chi connectivity index (χ0v) is 15.3. The number of carbonyl (C=O) groups is 3. The summed E-state index contributed by atoms with van der Waals surface area (Å²) >= 11 is 7.42. The van der Waals surface area contributed by atoms with Crippen molar-refractivity contribution in [3.63, 3.8) is 0 Å². The summed E-state index contributed by atoms with van der Waals surface area (Å²) in [7, 11) is 2.76. The molecule has 3 heterocycles. The summed E-state index contributed by atoms with van der Waals surface area (Å²) in [6, 6.07) is 0. The maximum Gasteiger partial charge on any atom is 0.352 e. The van der Waals surface area contributed by atoms with E-state index in [2.05, 4.69) is 5.32 Å². The van der Waals surface area contributed by atoms with Gasteiger partial charge < -0.3 is 19.3 Å². The van der Waals surface area contributed by atoms with E-state index in [0.717, 1.165) is 4.90 Å². The van der Waals surface area contributed by atoms with Gasteiger partial charge in [0, 0.05) is 26.7 Å². The number of β-lactam (4-membered cyclic amide) rings is 1. The zero-order chi connectivity index (χ0) is 18.6. The van der Waals surface area contributed by atoms with Crippen molar-refractivity contribution in [2.75, 3.05) is 26.7 Å². The molecule has 0 aromatic rings. The average molecular weight is 393 g/mol. The molecule has 4 atom stereocenters. The molecule has 3 rings (SSSR count). The number of hydrogen-bond acceptors (Lipinski definition) is 8. The Morgan fingerprint density at radius 3 is 2.56 bits per heavy atom. The van der Waals surface area contributed by atoms with Crippen LogP contribution < -0.4 is 5.32 Å². The molecule has 0 radical (unpaired) electrons. The van der Waals surface area contributed by atoms with Crippen LogP contribution in [0.5, 0.6) is 0 Å². The third kappa shape index (κ3) is 2.32. The number of nitrogens with zero attached hydrogens (tertiary/aromatic N) is 1. The van der Waals surface area contributed by atoms with Crippen LogP contribution in [0, 0.1) is 0 Å². The van der Waals surface area contributed by atoms with Crippen LogP contribution in [0.1, 0.15) is 6.92 Å². The highest BCUT2D eigenvalue weighted by Gasteiger charge is 2.74. The predicted molar refractivity (Wildman–Crippen MR) is 86.6 cm³/mol. The second kappa shape index (κ2) is 6.13. The number of fused-ring (bicyclic) bond motifs is 1. The summed E-state index contributed by atoms with van der Waals surface area (Å²) in [4.78, 5) is 37.0. The minimum atomic E-state index is -1.42. The minimum Gasteiger partial charge on any atom is -0.477 e. The number of nitrogens with one attached hydrogen (secondary N) is 1. The van der Waals surface area contributed by atoms with E-state index in [0.29, 0.717) is 0 Å². The van der Waals surface area contributed by atoms with Crippen LogP contribution in [-0.4, -0.2) is 76.6 Å². The van der Waals surface area contributed by atoms with E-state index in [1.807, 2.05) is 0 Å². The van der Waals surface area contributed by atoms with Gasteiger partial charge in [-0.2, -0.15) is 0 Å². The molecule has 138 valence electrons. The number of hydrogen-bond donors (Lipinski definition) is 2. The number of methoxy groups -OCH3 is 2. The summed E-state index contributed by atoms with van der Waals surface area (Å²) in [5, 5.41) is 11.5. The molecule has 0 aromatic heterocycles. The molecule has 2 saturated heterocycles. The molecule has 2 unspecified atom stereocenters. The molecule has 2 N–H and O–H groups in total. The number of esters is 1. The molecule has 1 amide bonds. The molecule has 0 spiro atoms. The Morgan fingerprint density at radius 2 is 2.08 bits per heavy atom. The number of amides is 1. The summed E-state index contributed by atoms with van der Waals surface area (Å²) in [6.45, 7) is 0.934. The first kappa shape index (κ1) is 18.5. The molecular formula is C14H17ClN2O7S. The molecule has 0 aromatic carbocycles. The normalized spacial score (nSPS) is 36.2. The monoisotopic (exact) mass is 392 g/mol. The Hall–Kier alpha value is -1.33. The number of carboxylic acids is 1. The number of rotatable bonds is 6. The van der Waals surface area contributed by atoms with Gasteiger partial charge in [-0.05, 0) is 0 Å². The van der Waals surface area contributed by atoms with Crippen molar-refractivity contribution in [1.82, 2.24) is 10.2 Å². The van der Waals surface area contributed by atoms with Crippen molar-refractivity contribution in [3.05, 3.63) is 11.3 Å². The van der Waals surface area contributed by atoms with Gasteiger partial charge >= 0.3 is 11.9 Å². The third-order valence-electron chi connectivity index (χ3n) is 4.58. The lowest BCUT2D eigenvalue weighted by atomic mass is 9.88. The maximum absolute atomic E-state index is 12.7. The second-order valence-electron chi connectivity index (χ2n) is 5.79. The lowest BCUT2D eigenvalue weighted by Crippen LogP contribution is -2.88. The Morgan fingerprint density at radius 1 is 1.40 bits per heavy atom. The van der Waals surface area contributed by atoms with Crippen LogP contribution in [0.4, 0.5) is 0 Å². The lowest BCUT2D eigenvalue weighted by Gasteiger charge is -2.65. The van der Waals surface area contributed by atoms with E-state index in [-0.39, 0.29) is 23.8 Å².